The van der Waals surface area contributed by atoms with Crippen molar-refractivity contribution in [1.82, 2.24) is 14.8 Å². The van der Waals surface area contributed by atoms with E-state index in [4.69, 9.17) is 5.73 Å². The van der Waals surface area contributed by atoms with Crippen LogP contribution in [0, 0.1) is 0 Å². The Morgan fingerprint density at radius 2 is 2.07 bits per heavy atom. The minimum Gasteiger partial charge on any atom is -0.326 e. The molecule has 0 aliphatic carbocycles. The SMILES string of the molecule is CC1CC(N)Cn2nc(C(C)(C)C)nc21. The van der Waals surface area contributed by atoms with Gasteiger partial charge in [0, 0.05) is 17.4 Å². The zero-order chi connectivity index (χ0) is 11.2. The van der Waals surface area contributed by atoms with E-state index in [1.807, 2.05) is 4.68 Å². The van der Waals surface area contributed by atoms with Crippen molar-refractivity contribution in [3.8, 4) is 0 Å². The van der Waals surface area contributed by atoms with Crippen molar-refractivity contribution in [3.63, 3.8) is 0 Å². The minimum atomic E-state index is 0.0220. The maximum absolute atomic E-state index is 5.97. The van der Waals surface area contributed by atoms with Crippen LogP contribution in [0.15, 0.2) is 0 Å². The van der Waals surface area contributed by atoms with Crippen molar-refractivity contribution < 1.29 is 0 Å². The third-order valence-electron chi connectivity index (χ3n) is 2.88. The lowest BCUT2D eigenvalue weighted by Gasteiger charge is -2.23. The van der Waals surface area contributed by atoms with Gasteiger partial charge in [0.05, 0.1) is 6.54 Å². The molecule has 2 rings (SSSR count). The van der Waals surface area contributed by atoms with Gasteiger partial charge in [-0.3, -0.25) is 0 Å². The van der Waals surface area contributed by atoms with Gasteiger partial charge in [0.1, 0.15) is 5.82 Å². The molecule has 15 heavy (non-hydrogen) atoms. The lowest BCUT2D eigenvalue weighted by molar-refractivity contribution is 0.380. The molecular weight excluding hydrogens is 188 g/mol. The van der Waals surface area contributed by atoms with E-state index in [-0.39, 0.29) is 11.5 Å². The summed E-state index contributed by atoms with van der Waals surface area (Å²) in [5.41, 5.74) is 5.99. The Balaban J connectivity index is 2.39. The first-order valence-electron chi connectivity index (χ1n) is 5.58. The molecular formula is C11H20N4. The lowest BCUT2D eigenvalue weighted by Crippen LogP contribution is -2.34. The van der Waals surface area contributed by atoms with Gasteiger partial charge in [-0.25, -0.2) is 9.67 Å². The first kappa shape index (κ1) is 10.6. The molecule has 0 bridgehead atoms. The quantitative estimate of drug-likeness (QED) is 0.701. The number of rotatable bonds is 0. The van der Waals surface area contributed by atoms with Crippen LogP contribution in [0.3, 0.4) is 0 Å². The molecule has 0 amide bonds. The smallest absolute Gasteiger partial charge is 0.156 e. The molecule has 2 heterocycles. The van der Waals surface area contributed by atoms with E-state index in [1.54, 1.807) is 0 Å². The summed E-state index contributed by atoms with van der Waals surface area (Å²) >= 11 is 0. The highest BCUT2D eigenvalue weighted by Gasteiger charge is 2.28. The monoisotopic (exact) mass is 208 g/mol. The number of nitrogens with zero attached hydrogens (tertiary/aromatic N) is 3. The highest BCUT2D eigenvalue weighted by molar-refractivity contribution is 5.08. The number of nitrogens with two attached hydrogens (primary N) is 1. The Morgan fingerprint density at radius 3 is 2.67 bits per heavy atom. The number of aromatic nitrogens is 3. The predicted molar refractivity (Wildman–Crippen MR) is 59.7 cm³/mol. The van der Waals surface area contributed by atoms with Crippen LogP contribution >= 0.6 is 0 Å². The van der Waals surface area contributed by atoms with Gasteiger partial charge in [0.15, 0.2) is 5.82 Å². The Kier molecular flexibility index (Phi) is 2.34. The Hall–Kier alpha value is -0.900. The molecule has 4 heteroatoms. The van der Waals surface area contributed by atoms with Crippen LogP contribution in [-0.2, 0) is 12.0 Å². The number of fused-ring (bicyclic) bond motifs is 1. The molecule has 1 aliphatic rings. The molecule has 1 aliphatic heterocycles. The van der Waals surface area contributed by atoms with Gasteiger partial charge in [0.25, 0.3) is 0 Å². The van der Waals surface area contributed by atoms with Crippen LogP contribution in [-0.4, -0.2) is 20.8 Å². The molecule has 0 saturated carbocycles. The van der Waals surface area contributed by atoms with Gasteiger partial charge < -0.3 is 5.73 Å². The fourth-order valence-corrected chi connectivity index (χ4v) is 2.03. The Morgan fingerprint density at radius 1 is 1.40 bits per heavy atom. The van der Waals surface area contributed by atoms with Gasteiger partial charge in [0.2, 0.25) is 0 Å². The predicted octanol–water partition coefficient (Wildman–Crippen LogP) is 1.41. The van der Waals surface area contributed by atoms with Crippen LogP contribution in [0.4, 0.5) is 0 Å². The van der Waals surface area contributed by atoms with E-state index in [2.05, 4.69) is 37.8 Å². The molecule has 2 N–H and O–H groups in total. The van der Waals surface area contributed by atoms with Gasteiger partial charge in [-0.1, -0.05) is 27.7 Å². The third-order valence-corrected chi connectivity index (χ3v) is 2.88. The van der Waals surface area contributed by atoms with E-state index >= 15 is 0 Å². The van der Waals surface area contributed by atoms with Gasteiger partial charge in [-0.2, -0.15) is 5.10 Å². The summed E-state index contributed by atoms with van der Waals surface area (Å²) in [6, 6.07) is 0.224. The summed E-state index contributed by atoms with van der Waals surface area (Å²) in [7, 11) is 0. The van der Waals surface area contributed by atoms with Gasteiger partial charge in [-0.15, -0.1) is 0 Å². The van der Waals surface area contributed by atoms with Crippen molar-refractivity contribution in [2.75, 3.05) is 0 Å². The van der Waals surface area contributed by atoms with E-state index in [1.165, 1.54) is 0 Å². The summed E-state index contributed by atoms with van der Waals surface area (Å²) < 4.78 is 1.99. The van der Waals surface area contributed by atoms with E-state index in [0.717, 1.165) is 24.6 Å². The average molecular weight is 208 g/mol. The molecule has 0 saturated heterocycles. The summed E-state index contributed by atoms with van der Waals surface area (Å²) in [6.45, 7) is 9.39. The lowest BCUT2D eigenvalue weighted by atomic mass is 9.96. The molecule has 84 valence electrons. The fraction of sp³-hybridized carbons (Fsp3) is 0.818. The first-order valence-corrected chi connectivity index (χ1v) is 5.58. The van der Waals surface area contributed by atoms with Gasteiger partial charge >= 0.3 is 0 Å². The molecule has 2 unspecified atom stereocenters. The number of hydrogen-bond acceptors (Lipinski definition) is 3. The molecule has 0 fully saturated rings. The standard InChI is InChI=1S/C11H20N4/c1-7-5-8(12)6-15-9(7)13-10(14-15)11(2,3)4/h7-8H,5-6,12H2,1-4H3. The highest BCUT2D eigenvalue weighted by Crippen LogP contribution is 2.27. The molecule has 0 radical (unpaired) electrons. The average Bonchev–Trinajstić information content (AvgIpc) is 2.46. The van der Waals surface area contributed by atoms with Crippen molar-refractivity contribution in [2.24, 2.45) is 5.73 Å². The van der Waals surface area contributed by atoms with E-state index < -0.39 is 0 Å². The van der Waals surface area contributed by atoms with Crippen molar-refractivity contribution in [3.05, 3.63) is 11.6 Å². The summed E-state index contributed by atoms with van der Waals surface area (Å²) in [5.74, 6) is 2.46. The van der Waals surface area contributed by atoms with Gasteiger partial charge in [-0.05, 0) is 6.42 Å². The molecule has 1 aromatic rings. The van der Waals surface area contributed by atoms with Crippen molar-refractivity contribution in [2.45, 2.75) is 58.0 Å². The largest absolute Gasteiger partial charge is 0.326 e. The molecule has 4 nitrogen and oxygen atoms in total. The molecule has 0 spiro atoms. The van der Waals surface area contributed by atoms with Crippen molar-refractivity contribution in [1.29, 1.82) is 0 Å². The second kappa shape index (κ2) is 3.30. The van der Waals surface area contributed by atoms with E-state index in [0.29, 0.717) is 5.92 Å². The van der Waals surface area contributed by atoms with Crippen LogP contribution in [0.1, 0.15) is 51.7 Å². The topological polar surface area (TPSA) is 56.7 Å². The molecule has 1 aromatic heterocycles. The summed E-state index contributed by atoms with van der Waals surface area (Å²) in [6.07, 6.45) is 1.02. The maximum atomic E-state index is 5.97. The van der Waals surface area contributed by atoms with Crippen molar-refractivity contribution >= 4 is 0 Å². The number of hydrogen-bond donors (Lipinski definition) is 1. The first-order chi connectivity index (χ1) is 6.88. The zero-order valence-electron chi connectivity index (χ0n) is 9.99. The third kappa shape index (κ3) is 1.91. The van der Waals surface area contributed by atoms with E-state index in [9.17, 15) is 0 Å². The van der Waals surface area contributed by atoms with Crippen LogP contribution < -0.4 is 5.73 Å². The summed E-state index contributed by atoms with van der Waals surface area (Å²) in [5, 5.41) is 4.55. The van der Waals surface area contributed by atoms with Crippen LogP contribution in [0.2, 0.25) is 0 Å². The molecule has 2 atom stereocenters. The Bertz CT molecular complexity index is 361. The fourth-order valence-electron chi connectivity index (χ4n) is 2.03. The second-order valence-corrected chi connectivity index (χ2v) is 5.62. The highest BCUT2D eigenvalue weighted by atomic mass is 15.4. The summed E-state index contributed by atoms with van der Waals surface area (Å²) in [4.78, 5) is 4.63. The Labute approximate surface area is 90.9 Å². The second-order valence-electron chi connectivity index (χ2n) is 5.62. The van der Waals surface area contributed by atoms with Crippen LogP contribution in [0.25, 0.3) is 0 Å². The molecule has 0 aromatic carbocycles. The minimum absolute atomic E-state index is 0.0220. The maximum Gasteiger partial charge on any atom is 0.156 e. The zero-order valence-corrected chi connectivity index (χ0v) is 9.99. The normalized spacial score (nSPS) is 26.5. The van der Waals surface area contributed by atoms with Crippen LogP contribution in [0.5, 0.6) is 0 Å².